The molecule has 0 bridgehead atoms. The molecule has 2 aromatic rings. The van der Waals surface area contributed by atoms with Crippen LogP contribution in [-0.2, 0) is 17.1 Å². The first-order valence-corrected chi connectivity index (χ1v) is 8.61. The van der Waals surface area contributed by atoms with Gasteiger partial charge in [-0.2, -0.15) is 0 Å². The zero-order chi connectivity index (χ0) is 15.5. The van der Waals surface area contributed by atoms with E-state index in [1.165, 1.54) is 0 Å². The Morgan fingerprint density at radius 3 is 2.52 bits per heavy atom. The molecule has 6 nitrogen and oxygen atoms in total. The Labute approximate surface area is 129 Å². The molecule has 114 valence electrons. The van der Waals surface area contributed by atoms with Crippen molar-refractivity contribution in [3.8, 4) is 11.4 Å². The van der Waals surface area contributed by atoms with Crippen LogP contribution >= 0.6 is 11.6 Å². The average molecular weight is 329 g/mol. The quantitative estimate of drug-likeness (QED) is 0.824. The molecule has 0 aliphatic heterocycles. The number of hydrogen-bond acceptors (Lipinski definition) is 4. The lowest BCUT2D eigenvalue weighted by Crippen LogP contribution is -2.22. The average Bonchev–Trinajstić information content (AvgIpc) is 2.85. The lowest BCUT2D eigenvalue weighted by atomic mass is 10.2. The zero-order valence-corrected chi connectivity index (χ0v) is 13.4. The van der Waals surface area contributed by atoms with E-state index in [1.54, 1.807) is 42.1 Å². The Hall–Kier alpha value is -1.60. The number of nitrogens with one attached hydrogen (secondary N) is 1. The predicted molar refractivity (Wildman–Crippen MR) is 83.7 cm³/mol. The van der Waals surface area contributed by atoms with Gasteiger partial charge in [-0.1, -0.05) is 6.92 Å². The fraction of sp³-hybridized carbons (Fsp3) is 0.385. The van der Waals surface area contributed by atoms with Gasteiger partial charge < -0.3 is 4.57 Å². The van der Waals surface area contributed by atoms with E-state index >= 15 is 0 Å². The van der Waals surface area contributed by atoms with Crippen molar-refractivity contribution in [2.45, 2.75) is 6.92 Å². The van der Waals surface area contributed by atoms with Gasteiger partial charge in [0.25, 0.3) is 0 Å². The van der Waals surface area contributed by atoms with E-state index in [2.05, 4.69) is 14.9 Å². The molecular formula is C13H17ClN4O2S. The second kappa shape index (κ2) is 6.44. The van der Waals surface area contributed by atoms with Crippen LogP contribution in [0, 0.1) is 5.92 Å². The van der Waals surface area contributed by atoms with E-state index in [-0.39, 0.29) is 11.7 Å². The summed E-state index contributed by atoms with van der Waals surface area (Å²) in [6, 6.07) is 7.00. The molecule has 8 heteroatoms. The summed E-state index contributed by atoms with van der Waals surface area (Å²) in [5, 5.41) is 7.81. The molecule has 0 saturated carbocycles. The Kier molecular flexibility index (Phi) is 4.84. The van der Waals surface area contributed by atoms with Gasteiger partial charge in [0.15, 0.2) is 5.82 Å². The number of alkyl halides is 1. The highest BCUT2D eigenvalue weighted by molar-refractivity contribution is 7.92. The van der Waals surface area contributed by atoms with Crippen LogP contribution < -0.4 is 4.72 Å². The fourth-order valence-electron chi connectivity index (χ4n) is 1.87. The molecule has 2 rings (SSSR count). The Morgan fingerprint density at radius 2 is 2.00 bits per heavy atom. The molecule has 0 saturated heterocycles. The summed E-state index contributed by atoms with van der Waals surface area (Å²) >= 11 is 5.65. The molecular weight excluding hydrogens is 312 g/mol. The van der Waals surface area contributed by atoms with Crippen molar-refractivity contribution in [1.29, 1.82) is 0 Å². The van der Waals surface area contributed by atoms with Crippen molar-refractivity contribution >= 4 is 27.3 Å². The Balaban J connectivity index is 2.11. The van der Waals surface area contributed by atoms with E-state index in [0.29, 0.717) is 11.6 Å². The number of rotatable bonds is 6. The first-order chi connectivity index (χ1) is 9.91. The number of anilines is 1. The molecule has 1 N–H and O–H groups in total. The third-order valence-corrected chi connectivity index (χ3v) is 4.98. The van der Waals surface area contributed by atoms with Crippen LogP contribution in [0.2, 0.25) is 0 Å². The van der Waals surface area contributed by atoms with E-state index < -0.39 is 10.0 Å². The van der Waals surface area contributed by atoms with Gasteiger partial charge in [-0.15, -0.1) is 21.8 Å². The zero-order valence-electron chi connectivity index (χ0n) is 11.8. The molecule has 1 aromatic carbocycles. The van der Waals surface area contributed by atoms with E-state index in [4.69, 9.17) is 11.6 Å². The van der Waals surface area contributed by atoms with Gasteiger partial charge in [-0.25, -0.2) is 8.42 Å². The molecule has 0 aliphatic carbocycles. The Morgan fingerprint density at radius 1 is 1.33 bits per heavy atom. The minimum atomic E-state index is -3.39. The third-order valence-electron chi connectivity index (χ3n) is 2.90. The van der Waals surface area contributed by atoms with Crippen molar-refractivity contribution in [3.63, 3.8) is 0 Å². The van der Waals surface area contributed by atoms with Crippen molar-refractivity contribution in [2.75, 3.05) is 16.4 Å². The van der Waals surface area contributed by atoms with Crippen LogP contribution in [0.4, 0.5) is 5.69 Å². The van der Waals surface area contributed by atoms with Crippen molar-refractivity contribution < 1.29 is 8.42 Å². The topological polar surface area (TPSA) is 76.9 Å². The second-order valence-electron chi connectivity index (χ2n) is 4.99. The molecule has 0 aliphatic rings. The summed E-state index contributed by atoms with van der Waals surface area (Å²) < 4.78 is 28.2. The number of sulfonamides is 1. The molecule has 0 spiro atoms. The van der Waals surface area contributed by atoms with E-state index in [1.807, 2.05) is 7.05 Å². The number of halogens is 1. The molecule has 0 fully saturated rings. The van der Waals surface area contributed by atoms with Crippen molar-refractivity contribution in [2.24, 2.45) is 13.0 Å². The summed E-state index contributed by atoms with van der Waals surface area (Å²) in [4.78, 5) is 0. The first kappa shape index (κ1) is 15.8. The van der Waals surface area contributed by atoms with Gasteiger partial charge in [0, 0.05) is 24.2 Å². The maximum absolute atomic E-state index is 11.9. The van der Waals surface area contributed by atoms with Gasteiger partial charge >= 0.3 is 0 Å². The van der Waals surface area contributed by atoms with Crippen molar-refractivity contribution in [3.05, 3.63) is 30.6 Å². The monoisotopic (exact) mass is 328 g/mol. The fourth-order valence-corrected chi connectivity index (χ4v) is 3.56. The highest BCUT2D eigenvalue weighted by Crippen LogP contribution is 2.19. The molecule has 1 atom stereocenters. The van der Waals surface area contributed by atoms with Crippen LogP contribution in [0.25, 0.3) is 11.4 Å². The third kappa shape index (κ3) is 4.18. The summed E-state index contributed by atoms with van der Waals surface area (Å²) in [7, 11) is -1.54. The van der Waals surface area contributed by atoms with Crippen LogP contribution in [0.3, 0.4) is 0 Å². The van der Waals surface area contributed by atoms with Crippen LogP contribution in [0.15, 0.2) is 30.6 Å². The number of aryl methyl sites for hydroxylation is 1. The normalized spacial score (nSPS) is 13.1. The number of aromatic nitrogens is 3. The predicted octanol–water partition coefficient (Wildman–Crippen LogP) is 2.10. The second-order valence-corrected chi connectivity index (χ2v) is 7.06. The lowest BCUT2D eigenvalue weighted by Gasteiger charge is -2.11. The smallest absolute Gasteiger partial charge is 0.233 e. The van der Waals surface area contributed by atoms with Gasteiger partial charge in [-0.3, -0.25) is 4.72 Å². The summed E-state index contributed by atoms with van der Waals surface area (Å²) in [5.74, 6) is 0.940. The maximum atomic E-state index is 11.9. The molecule has 1 aromatic heterocycles. The SMILES string of the molecule is CC(CCl)CS(=O)(=O)Nc1ccc(-c2nncn2C)cc1. The van der Waals surface area contributed by atoms with Gasteiger partial charge in [-0.05, 0) is 30.2 Å². The lowest BCUT2D eigenvalue weighted by molar-refractivity contribution is 0.588. The minimum absolute atomic E-state index is 0.00153. The largest absolute Gasteiger partial charge is 0.317 e. The first-order valence-electron chi connectivity index (χ1n) is 6.42. The molecule has 1 heterocycles. The molecule has 21 heavy (non-hydrogen) atoms. The van der Waals surface area contributed by atoms with Gasteiger partial charge in [0.1, 0.15) is 6.33 Å². The van der Waals surface area contributed by atoms with E-state index in [0.717, 1.165) is 11.4 Å². The van der Waals surface area contributed by atoms with Gasteiger partial charge in [0.2, 0.25) is 10.0 Å². The summed E-state index contributed by atoms with van der Waals surface area (Å²) in [5.41, 5.74) is 1.38. The highest BCUT2D eigenvalue weighted by atomic mass is 35.5. The number of nitrogens with zero attached hydrogens (tertiary/aromatic N) is 3. The van der Waals surface area contributed by atoms with E-state index in [9.17, 15) is 8.42 Å². The summed E-state index contributed by atoms with van der Waals surface area (Å²) in [6.07, 6.45) is 1.61. The molecule has 1 unspecified atom stereocenters. The van der Waals surface area contributed by atoms with Crippen LogP contribution in [-0.4, -0.2) is 34.8 Å². The minimum Gasteiger partial charge on any atom is -0.317 e. The molecule has 0 radical (unpaired) electrons. The van der Waals surface area contributed by atoms with Gasteiger partial charge in [0.05, 0.1) is 5.75 Å². The Bertz CT molecular complexity index is 697. The number of hydrogen-bond donors (Lipinski definition) is 1. The number of benzene rings is 1. The summed E-state index contributed by atoms with van der Waals surface area (Å²) in [6.45, 7) is 1.80. The van der Waals surface area contributed by atoms with Crippen molar-refractivity contribution in [1.82, 2.24) is 14.8 Å². The standard InChI is InChI=1S/C13H17ClN4O2S/c1-10(7-14)8-21(19,20)17-12-5-3-11(4-6-12)13-16-15-9-18(13)2/h3-6,9-10,17H,7-8H2,1-2H3. The van der Waals surface area contributed by atoms with Crippen LogP contribution in [0.1, 0.15) is 6.92 Å². The maximum Gasteiger partial charge on any atom is 0.233 e. The highest BCUT2D eigenvalue weighted by Gasteiger charge is 2.15. The van der Waals surface area contributed by atoms with Crippen LogP contribution in [0.5, 0.6) is 0 Å². The molecule has 0 amide bonds.